The van der Waals surface area contributed by atoms with Gasteiger partial charge in [-0.2, -0.15) is 5.10 Å². The number of benzene rings is 1. The van der Waals surface area contributed by atoms with Crippen LogP contribution in [0.25, 0.3) is 5.82 Å². The van der Waals surface area contributed by atoms with Gasteiger partial charge in [0.05, 0.1) is 17.5 Å². The fourth-order valence-corrected chi connectivity index (χ4v) is 2.89. The standard InChI is InChI=1S/C17H17N5O3S/c1-12-4-6-14(10-15(12)21-26(2,24)25)20-17(23)13-5-7-16(18-11-13)22-9-3-8-19-22/h3-11,21H,1-2H3,(H,20,23). The first-order chi connectivity index (χ1) is 12.3. The van der Waals surface area contributed by atoms with E-state index in [4.69, 9.17) is 0 Å². The van der Waals surface area contributed by atoms with E-state index in [2.05, 4.69) is 20.1 Å². The monoisotopic (exact) mass is 371 g/mol. The van der Waals surface area contributed by atoms with Crippen LogP contribution in [0.5, 0.6) is 0 Å². The SMILES string of the molecule is Cc1ccc(NC(=O)c2ccc(-n3cccn3)nc2)cc1NS(C)(=O)=O. The summed E-state index contributed by atoms with van der Waals surface area (Å²) in [6.45, 7) is 1.77. The maximum Gasteiger partial charge on any atom is 0.257 e. The molecule has 0 saturated carbocycles. The number of aryl methyl sites for hydroxylation is 1. The Kier molecular flexibility index (Phi) is 4.72. The lowest BCUT2D eigenvalue weighted by Gasteiger charge is -2.11. The van der Waals surface area contributed by atoms with Crippen molar-refractivity contribution in [2.75, 3.05) is 16.3 Å². The molecule has 0 saturated heterocycles. The van der Waals surface area contributed by atoms with Crippen molar-refractivity contribution in [3.05, 3.63) is 66.1 Å². The Bertz CT molecular complexity index is 1030. The van der Waals surface area contributed by atoms with Crippen molar-refractivity contribution < 1.29 is 13.2 Å². The highest BCUT2D eigenvalue weighted by Gasteiger charge is 2.10. The van der Waals surface area contributed by atoms with Crippen LogP contribution in [0.15, 0.2) is 55.0 Å². The number of aromatic nitrogens is 3. The number of nitrogens with zero attached hydrogens (tertiary/aromatic N) is 3. The summed E-state index contributed by atoms with van der Waals surface area (Å²) in [6.07, 6.45) is 5.92. The number of hydrogen-bond donors (Lipinski definition) is 2. The van der Waals surface area contributed by atoms with E-state index >= 15 is 0 Å². The van der Waals surface area contributed by atoms with Crippen molar-refractivity contribution in [3.63, 3.8) is 0 Å². The van der Waals surface area contributed by atoms with Gasteiger partial charge < -0.3 is 5.32 Å². The number of carbonyl (C=O) groups excluding carboxylic acids is 1. The molecule has 3 rings (SSSR count). The third kappa shape index (κ3) is 4.25. The lowest BCUT2D eigenvalue weighted by Crippen LogP contribution is -2.14. The van der Waals surface area contributed by atoms with Crippen LogP contribution in [0.3, 0.4) is 0 Å². The summed E-state index contributed by atoms with van der Waals surface area (Å²) in [5.74, 6) is 0.250. The lowest BCUT2D eigenvalue weighted by molar-refractivity contribution is 0.102. The average molecular weight is 371 g/mol. The molecule has 2 aromatic heterocycles. The minimum absolute atomic E-state index is 0.348. The molecule has 0 fully saturated rings. The molecule has 0 bridgehead atoms. The van der Waals surface area contributed by atoms with Crippen LogP contribution < -0.4 is 10.0 Å². The first-order valence-electron chi connectivity index (χ1n) is 7.68. The summed E-state index contributed by atoms with van der Waals surface area (Å²) in [5.41, 5.74) is 2.01. The first-order valence-corrected chi connectivity index (χ1v) is 9.57. The highest BCUT2D eigenvalue weighted by atomic mass is 32.2. The number of nitrogens with one attached hydrogen (secondary N) is 2. The minimum Gasteiger partial charge on any atom is -0.322 e. The van der Waals surface area contributed by atoms with Gasteiger partial charge in [0.1, 0.15) is 0 Å². The summed E-state index contributed by atoms with van der Waals surface area (Å²) in [5, 5.41) is 6.80. The Morgan fingerprint density at radius 1 is 1.19 bits per heavy atom. The topological polar surface area (TPSA) is 106 Å². The molecule has 0 spiro atoms. The maximum atomic E-state index is 12.4. The van der Waals surface area contributed by atoms with Crippen LogP contribution in [0.2, 0.25) is 0 Å². The fourth-order valence-electron chi connectivity index (χ4n) is 2.27. The van der Waals surface area contributed by atoms with Crippen molar-refractivity contribution in [1.82, 2.24) is 14.8 Å². The van der Waals surface area contributed by atoms with Crippen molar-refractivity contribution in [1.29, 1.82) is 0 Å². The van der Waals surface area contributed by atoms with E-state index in [9.17, 15) is 13.2 Å². The molecule has 0 unspecified atom stereocenters. The van der Waals surface area contributed by atoms with Crippen LogP contribution in [-0.4, -0.2) is 35.3 Å². The molecule has 26 heavy (non-hydrogen) atoms. The zero-order chi connectivity index (χ0) is 18.7. The van der Waals surface area contributed by atoms with Gasteiger partial charge in [0.25, 0.3) is 5.91 Å². The number of sulfonamides is 1. The zero-order valence-corrected chi connectivity index (χ0v) is 15.0. The summed E-state index contributed by atoms with van der Waals surface area (Å²) < 4.78 is 26.9. The van der Waals surface area contributed by atoms with Gasteiger partial charge in [0.15, 0.2) is 5.82 Å². The van der Waals surface area contributed by atoms with E-state index in [1.54, 1.807) is 60.4 Å². The normalized spacial score (nSPS) is 11.2. The van der Waals surface area contributed by atoms with Gasteiger partial charge in [-0.3, -0.25) is 9.52 Å². The maximum absolute atomic E-state index is 12.4. The minimum atomic E-state index is -3.40. The third-order valence-corrected chi connectivity index (χ3v) is 4.13. The number of amides is 1. The number of anilines is 2. The molecule has 2 N–H and O–H groups in total. The fraction of sp³-hybridized carbons (Fsp3) is 0.118. The molecule has 1 aromatic carbocycles. The van der Waals surface area contributed by atoms with Gasteiger partial charge >= 0.3 is 0 Å². The van der Waals surface area contributed by atoms with Crippen LogP contribution in [0.4, 0.5) is 11.4 Å². The van der Waals surface area contributed by atoms with E-state index in [1.807, 2.05) is 0 Å². The van der Waals surface area contributed by atoms with Crippen LogP contribution in [0.1, 0.15) is 15.9 Å². The number of hydrogen-bond acceptors (Lipinski definition) is 5. The first kappa shape index (κ1) is 17.6. The van der Waals surface area contributed by atoms with Crippen molar-refractivity contribution in [3.8, 4) is 5.82 Å². The summed E-state index contributed by atoms with van der Waals surface area (Å²) in [4.78, 5) is 16.6. The Morgan fingerprint density at radius 3 is 2.62 bits per heavy atom. The zero-order valence-electron chi connectivity index (χ0n) is 14.2. The molecule has 9 heteroatoms. The van der Waals surface area contributed by atoms with E-state index in [0.29, 0.717) is 22.8 Å². The number of carbonyl (C=O) groups is 1. The molecule has 1 amide bonds. The van der Waals surface area contributed by atoms with Crippen molar-refractivity contribution >= 4 is 27.3 Å². The highest BCUT2D eigenvalue weighted by Crippen LogP contribution is 2.21. The molecular weight excluding hydrogens is 354 g/mol. The van der Waals surface area contributed by atoms with Gasteiger partial charge in [-0.15, -0.1) is 0 Å². The quantitative estimate of drug-likeness (QED) is 0.715. The predicted molar refractivity (Wildman–Crippen MR) is 99.0 cm³/mol. The van der Waals surface area contributed by atoms with Crippen LogP contribution in [0, 0.1) is 6.92 Å². The van der Waals surface area contributed by atoms with Gasteiger partial charge in [0, 0.05) is 24.3 Å². The molecule has 0 aliphatic rings. The molecular formula is C17H17N5O3S. The Hall–Kier alpha value is -3.20. The molecule has 134 valence electrons. The number of rotatable bonds is 5. The van der Waals surface area contributed by atoms with Gasteiger partial charge in [0.2, 0.25) is 10.0 Å². The second-order valence-electron chi connectivity index (χ2n) is 5.71. The van der Waals surface area contributed by atoms with E-state index in [0.717, 1.165) is 11.8 Å². The third-order valence-electron chi connectivity index (χ3n) is 3.54. The summed E-state index contributed by atoms with van der Waals surface area (Å²) in [7, 11) is -3.40. The van der Waals surface area contributed by atoms with Gasteiger partial charge in [-0.05, 0) is 42.8 Å². The second kappa shape index (κ2) is 6.96. The largest absolute Gasteiger partial charge is 0.322 e. The van der Waals surface area contributed by atoms with E-state index in [-0.39, 0.29) is 5.91 Å². The van der Waals surface area contributed by atoms with Gasteiger partial charge in [-0.1, -0.05) is 6.07 Å². The molecule has 0 aliphatic heterocycles. The molecule has 3 aromatic rings. The lowest BCUT2D eigenvalue weighted by atomic mass is 10.2. The summed E-state index contributed by atoms with van der Waals surface area (Å²) >= 11 is 0. The second-order valence-corrected chi connectivity index (χ2v) is 7.46. The van der Waals surface area contributed by atoms with Crippen molar-refractivity contribution in [2.45, 2.75) is 6.92 Å². The molecule has 2 heterocycles. The smallest absolute Gasteiger partial charge is 0.257 e. The molecule has 0 atom stereocenters. The Balaban J connectivity index is 1.76. The predicted octanol–water partition coefficient (Wildman–Crippen LogP) is 2.20. The van der Waals surface area contributed by atoms with Crippen molar-refractivity contribution in [2.24, 2.45) is 0 Å². The molecule has 8 nitrogen and oxygen atoms in total. The van der Waals surface area contributed by atoms with Crippen LogP contribution in [-0.2, 0) is 10.0 Å². The Labute approximate surface area is 150 Å². The van der Waals surface area contributed by atoms with E-state index < -0.39 is 10.0 Å². The highest BCUT2D eigenvalue weighted by molar-refractivity contribution is 7.92. The van der Waals surface area contributed by atoms with E-state index in [1.165, 1.54) is 6.20 Å². The Morgan fingerprint density at radius 2 is 2.00 bits per heavy atom. The molecule has 0 aliphatic carbocycles. The van der Waals surface area contributed by atoms with Gasteiger partial charge in [-0.25, -0.2) is 18.1 Å². The molecule has 0 radical (unpaired) electrons. The number of pyridine rings is 1. The average Bonchev–Trinajstić information content (AvgIpc) is 3.11. The summed E-state index contributed by atoms with van der Waals surface area (Å²) in [6, 6.07) is 10.1. The van der Waals surface area contributed by atoms with Crippen LogP contribution >= 0.6 is 0 Å².